The van der Waals surface area contributed by atoms with Crippen LogP contribution in [0.5, 0.6) is 5.75 Å². The lowest BCUT2D eigenvalue weighted by Gasteiger charge is -2.06. The molecule has 1 aromatic carbocycles. The molecule has 3 rings (SSSR count). The maximum Gasteiger partial charge on any atom is 0.222 e. The molecule has 0 aliphatic carbocycles. The molecule has 3 aromatic rings. The zero-order valence-corrected chi connectivity index (χ0v) is 12.8. The Morgan fingerprint density at radius 1 is 1.41 bits per heavy atom. The van der Waals surface area contributed by atoms with Crippen LogP contribution in [0.25, 0.3) is 22.3 Å². The number of H-pyrrole nitrogens is 1. The van der Waals surface area contributed by atoms with E-state index in [4.69, 9.17) is 4.74 Å². The van der Waals surface area contributed by atoms with Crippen molar-refractivity contribution in [2.45, 2.75) is 20.4 Å². The van der Waals surface area contributed by atoms with Crippen LogP contribution in [0.4, 0.5) is 5.82 Å². The minimum Gasteiger partial charge on any atom is -0.496 e. The fourth-order valence-corrected chi connectivity index (χ4v) is 2.70. The average Bonchev–Trinajstić information content (AvgIpc) is 3.09. The summed E-state index contributed by atoms with van der Waals surface area (Å²) in [5.41, 5.74) is 2.96. The van der Waals surface area contributed by atoms with E-state index in [0.717, 1.165) is 34.6 Å². The van der Waals surface area contributed by atoms with Gasteiger partial charge in [-0.2, -0.15) is 5.10 Å². The number of carbonyl (C=O) groups excluding carboxylic acids is 1. The number of rotatable bonds is 4. The van der Waals surface area contributed by atoms with Crippen LogP contribution < -0.4 is 10.1 Å². The van der Waals surface area contributed by atoms with Crippen LogP contribution in [-0.2, 0) is 11.3 Å². The lowest BCUT2D eigenvalue weighted by molar-refractivity contribution is -0.114. The Morgan fingerprint density at radius 3 is 2.91 bits per heavy atom. The quantitative estimate of drug-likeness (QED) is 0.777. The maximum absolute atomic E-state index is 11.1. The lowest BCUT2D eigenvalue weighted by Crippen LogP contribution is -2.05. The molecule has 2 N–H and O–H groups in total. The van der Waals surface area contributed by atoms with E-state index in [1.807, 2.05) is 18.2 Å². The van der Waals surface area contributed by atoms with Crippen LogP contribution in [0.15, 0.2) is 30.3 Å². The van der Waals surface area contributed by atoms with Gasteiger partial charge in [0.25, 0.3) is 0 Å². The normalized spacial score (nSPS) is 10.9. The van der Waals surface area contributed by atoms with Gasteiger partial charge in [-0.3, -0.25) is 9.89 Å². The topological polar surface area (TPSA) is 71.9 Å². The Labute approximate surface area is 128 Å². The SMILES string of the molecule is CCn1c(-c2cc(NC(C)=O)n[nH]2)cc2c(OC)cccc21. The van der Waals surface area contributed by atoms with Crippen LogP contribution in [-0.4, -0.2) is 27.8 Å². The molecule has 0 saturated heterocycles. The number of hydrogen-bond donors (Lipinski definition) is 2. The second kappa shape index (κ2) is 5.55. The van der Waals surface area contributed by atoms with Crippen molar-refractivity contribution in [3.63, 3.8) is 0 Å². The molecule has 6 heteroatoms. The summed E-state index contributed by atoms with van der Waals surface area (Å²) in [4.78, 5) is 11.1. The summed E-state index contributed by atoms with van der Waals surface area (Å²) in [6.07, 6.45) is 0. The molecule has 2 heterocycles. The number of amides is 1. The first-order valence-electron chi connectivity index (χ1n) is 7.13. The number of benzene rings is 1. The van der Waals surface area contributed by atoms with E-state index >= 15 is 0 Å². The van der Waals surface area contributed by atoms with Gasteiger partial charge in [0.15, 0.2) is 5.82 Å². The Kier molecular flexibility index (Phi) is 3.58. The lowest BCUT2D eigenvalue weighted by atomic mass is 10.2. The molecule has 2 aromatic heterocycles. The number of aryl methyl sites for hydroxylation is 1. The van der Waals surface area contributed by atoms with Gasteiger partial charge in [-0.1, -0.05) is 6.07 Å². The largest absolute Gasteiger partial charge is 0.496 e. The number of nitrogens with zero attached hydrogens (tertiary/aromatic N) is 2. The summed E-state index contributed by atoms with van der Waals surface area (Å²) >= 11 is 0. The van der Waals surface area contributed by atoms with Crippen LogP contribution in [0, 0.1) is 0 Å². The van der Waals surface area contributed by atoms with Gasteiger partial charge >= 0.3 is 0 Å². The Bertz CT molecular complexity index is 832. The van der Waals surface area contributed by atoms with Crippen molar-refractivity contribution >= 4 is 22.6 Å². The molecule has 6 nitrogen and oxygen atoms in total. The van der Waals surface area contributed by atoms with Crippen molar-refractivity contribution in [1.82, 2.24) is 14.8 Å². The number of ether oxygens (including phenoxy) is 1. The van der Waals surface area contributed by atoms with Gasteiger partial charge in [0, 0.05) is 24.9 Å². The number of aromatic nitrogens is 3. The summed E-state index contributed by atoms with van der Waals surface area (Å²) in [7, 11) is 1.67. The molecule has 0 radical (unpaired) electrons. The van der Waals surface area contributed by atoms with Crippen LogP contribution in [0.2, 0.25) is 0 Å². The first-order valence-corrected chi connectivity index (χ1v) is 7.13. The molecule has 22 heavy (non-hydrogen) atoms. The van der Waals surface area contributed by atoms with Gasteiger partial charge in [-0.05, 0) is 25.1 Å². The number of methoxy groups -OCH3 is 1. The highest BCUT2D eigenvalue weighted by atomic mass is 16.5. The first kappa shape index (κ1) is 14.2. The molecule has 0 spiro atoms. The molecule has 0 atom stereocenters. The average molecular weight is 298 g/mol. The fourth-order valence-electron chi connectivity index (χ4n) is 2.70. The van der Waals surface area contributed by atoms with Crippen molar-refractivity contribution in [2.75, 3.05) is 12.4 Å². The first-order chi connectivity index (χ1) is 10.6. The zero-order chi connectivity index (χ0) is 15.7. The van der Waals surface area contributed by atoms with E-state index in [9.17, 15) is 4.79 Å². The van der Waals surface area contributed by atoms with Crippen molar-refractivity contribution < 1.29 is 9.53 Å². The van der Waals surface area contributed by atoms with E-state index in [-0.39, 0.29) is 5.91 Å². The number of hydrogen-bond acceptors (Lipinski definition) is 3. The molecule has 0 fully saturated rings. The highest BCUT2D eigenvalue weighted by Gasteiger charge is 2.14. The van der Waals surface area contributed by atoms with Crippen LogP contribution >= 0.6 is 0 Å². The van der Waals surface area contributed by atoms with Gasteiger partial charge in [0.05, 0.1) is 24.0 Å². The minimum atomic E-state index is -0.143. The number of fused-ring (bicyclic) bond motifs is 1. The number of carbonyl (C=O) groups is 1. The fraction of sp³-hybridized carbons (Fsp3) is 0.250. The summed E-state index contributed by atoms with van der Waals surface area (Å²) in [6, 6.07) is 9.89. The van der Waals surface area contributed by atoms with Gasteiger partial charge in [-0.25, -0.2) is 0 Å². The molecule has 0 saturated carbocycles. The summed E-state index contributed by atoms with van der Waals surface area (Å²) < 4.78 is 7.62. The van der Waals surface area contributed by atoms with Gasteiger partial charge < -0.3 is 14.6 Å². The number of aromatic amines is 1. The van der Waals surface area contributed by atoms with Gasteiger partial charge in [0.2, 0.25) is 5.91 Å². The van der Waals surface area contributed by atoms with Crippen LogP contribution in [0.3, 0.4) is 0 Å². The third kappa shape index (κ3) is 2.32. The van der Waals surface area contributed by atoms with Crippen molar-refractivity contribution in [3.05, 3.63) is 30.3 Å². The zero-order valence-electron chi connectivity index (χ0n) is 12.8. The predicted molar refractivity (Wildman–Crippen MR) is 86.0 cm³/mol. The Morgan fingerprint density at radius 2 is 2.23 bits per heavy atom. The van der Waals surface area contributed by atoms with Crippen molar-refractivity contribution in [1.29, 1.82) is 0 Å². The smallest absolute Gasteiger partial charge is 0.222 e. The Balaban J connectivity index is 2.14. The molecular weight excluding hydrogens is 280 g/mol. The summed E-state index contributed by atoms with van der Waals surface area (Å²) in [6.45, 7) is 4.37. The van der Waals surface area contributed by atoms with E-state index in [2.05, 4.69) is 39.1 Å². The standard InChI is InChI=1S/C16H18N4O2/c1-4-20-13-6-5-7-15(22-3)11(13)8-14(20)12-9-16(19-18-12)17-10(2)21/h5-9H,4H2,1-3H3,(H2,17,18,19,21). The second-order valence-corrected chi connectivity index (χ2v) is 5.01. The molecule has 1 amide bonds. The minimum absolute atomic E-state index is 0.143. The molecular formula is C16H18N4O2. The van der Waals surface area contributed by atoms with Gasteiger partial charge in [0.1, 0.15) is 5.75 Å². The van der Waals surface area contributed by atoms with Crippen LogP contribution in [0.1, 0.15) is 13.8 Å². The van der Waals surface area contributed by atoms with Crippen molar-refractivity contribution in [2.24, 2.45) is 0 Å². The molecule has 0 unspecified atom stereocenters. The van der Waals surface area contributed by atoms with Gasteiger partial charge in [-0.15, -0.1) is 0 Å². The van der Waals surface area contributed by atoms with E-state index in [0.29, 0.717) is 5.82 Å². The number of anilines is 1. The predicted octanol–water partition coefficient (Wildman–Crippen LogP) is 3.02. The van der Waals surface area contributed by atoms with E-state index in [1.54, 1.807) is 7.11 Å². The van der Waals surface area contributed by atoms with E-state index in [1.165, 1.54) is 6.92 Å². The number of nitrogens with one attached hydrogen (secondary N) is 2. The molecule has 0 aliphatic heterocycles. The maximum atomic E-state index is 11.1. The summed E-state index contributed by atoms with van der Waals surface area (Å²) in [5, 5.41) is 10.8. The van der Waals surface area contributed by atoms with Crippen molar-refractivity contribution in [3.8, 4) is 17.1 Å². The third-order valence-corrected chi connectivity index (χ3v) is 3.60. The second-order valence-electron chi connectivity index (χ2n) is 5.01. The highest BCUT2D eigenvalue weighted by molar-refractivity contribution is 5.92. The monoisotopic (exact) mass is 298 g/mol. The van der Waals surface area contributed by atoms with E-state index < -0.39 is 0 Å². The Hall–Kier alpha value is -2.76. The molecule has 0 bridgehead atoms. The molecule has 0 aliphatic rings. The third-order valence-electron chi connectivity index (χ3n) is 3.60. The highest BCUT2D eigenvalue weighted by Crippen LogP contribution is 2.33. The molecule has 114 valence electrons. The summed E-state index contributed by atoms with van der Waals surface area (Å²) in [5.74, 6) is 1.21.